The molecule has 0 bridgehead atoms. The van der Waals surface area contributed by atoms with Gasteiger partial charge in [-0.15, -0.1) is 0 Å². The number of amides is 1. The number of esters is 1. The van der Waals surface area contributed by atoms with Crippen LogP contribution in [0.3, 0.4) is 0 Å². The number of carbonyl (C=O) groups is 2. The van der Waals surface area contributed by atoms with Crippen LogP contribution in [-0.2, 0) is 27.2 Å². The largest absolute Gasteiger partial charge is 0.455 e. The van der Waals surface area contributed by atoms with E-state index in [1.165, 1.54) is 5.56 Å². The zero-order valence-corrected chi connectivity index (χ0v) is 14.7. The lowest BCUT2D eigenvalue weighted by atomic mass is 10.1. The summed E-state index contributed by atoms with van der Waals surface area (Å²) in [7, 11) is 0. The maximum absolute atomic E-state index is 12.0. The number of fused-ring (bicyclic) bond motifs is 1. The molecule has 0 aromatic heterocycles. The van der Waals surface area contributed by atoms with E-state index in [0.29, 0.717) is 5.69 Å². The van der Waals surface area contributed by atoms with Crippen molar-refractivity contribution in [2.75, 3.05) is 11.9 Å². The predicted octanol–water partition coefficient (Wildman–Crippen LogP) is 4.13. The molecule has 3 aromatic carbocycles. The number of anilines is 1. The standard InChI is InChI=1S/C22H21NO3/c1-2-16-8-11-20(12-9-16)23-21(24)15-26-22(25)14-17-7-10-18-5-3-4-6-19(18)13-17/h3-13H,2,14-15H2,1H3,(H,23,24). The van der Waals surface area contributed by atoms with Gasteiger partial charge in [0.1, 0.15) is 0 Å². The highest BCUT2D eigenvalue weighted by molar-refractivity contribution is 5.93. The fourth-order valence-corrected chi connectivity index (χ4v) is 2.73. The van der Waals surface area contributed by atoms with E-state index in [1.54, 1.807) is 0 Å². The summed E-state index contributed by atoms with van der Waals surface area (Å²) in [5.74, 6) is -0.766. The Hall–Kier alpha value is -3.14. The molecule has 0 heterocycles. The van der Waals surface area contributed by atoms with Crippen LogP contribution in [0.25, 0.3) is 10.8 Å². The number of aryl methyl sites for hydroxylation is 1. The van der Waals surface area contributed by atoms with Crippen molar-refractivity contribution in [3.8, 4) is 0 Å². The summed E-state index contributed by atoms with van der Waals surface area (Å²) in [5, 5.41) is 4.92. The molecule has 0 saturated heterocycles. The summed E-state index contributed by atoms with van der Waals surface area (Å²) < 4.78 is 5.09. The van der Waals surface area contributed by atoms with Crippen LogP contribution in [0.2, 0.25) is 0 Å². The minimum absolute atomic E-state index is 0.142. The maximum atomic E-state index is 12.0. The molecule has 3 aromatic rings. The van der Waals surface area contributed by atoms with E-state index in [4.69, 9.17) is 4.74 Å². The van der Waals surface area contributed by atoms with Crippen LogP contribution in [0.15, 0.2) is 66.7 Å². The van der Waals surface area contributed by atoms with Gasteiger partial charge < -0.3 is 10.1 Å². The minimum atomic E-state index is -0.420. The van der Waals surface area contributed by atoms with Gasteiger partial charge in [0.2, 0.25) is 0 Å². The second-order valence-corrected chi connectivity index (χ2v) is 6.12. The Balaban J connectivity index is 1.50. The maximum Gasteiger partial charge on any atom is 0.310 e. The third-order valence-electron chi connectivity index (χ3n) is 4.17. The summed E-state index contributed by atoms with van der Waals surface area (Å²) in [6.07, 6.45) is 1.09. The van der Waals surface area contributed by atoms with Crippen molar-refractivity contribution in [1.82, 2.24) is 0 Å². The second kappa shape index (κ2) is 8.30. The van der Waals surface area contributed by atoms with Crippen molar-refractivity contribution in [2.24, 2.45) is 0 Å². The number of carbonyl (C=O) groups excluding carboxylic acids is 2. The molecule has 26 heavy (non-hydrogen) atoms. The van der Waals surface area contributed by atoms with Crippen LogP contribution in [-0.4, -0.2) is 18.5 Å². The molecule has 3 rings (SSSR count). The molecule has 1 amide bonds. The number of benzene rings is 3. The van der Waals surface area contributed by atoms with Gasteiger partial charge in [-0.3, -0.25) is 9.59 Å². The smallest absolute Gasteiger partial charge is 0.310 e. The molecular formula is C22H21NO3. The van der Waals surface area contributed by atoms with Crippen molar-refractivity contribution in [1.29, 1.82) is 0 Å². The molecule has 4 heteroatoms. The van der Waals surface area contributed by atoms with Crippen LogP contribution in [0.1, 0.15) is 18.1 Å². The SMILES string of the molecule is CCc1ccc(NC(=O)COC(=O)Cc2ccc3ccccc3c2)cc1. The first-order valence-electron chi connectivity index (χ1n) is 8.66. The second-order valence-electron chi connectivity index (χ2n) is 6.12. The molecule has 0 atom stereocenters. The Morgan fingerprint density at radius 1 is 0.885 bits per heavy atom. The summed E-state index contributed by atoms with van der Waals surface area (Å²) >= 11 is 0. The van der Waals surface area contributed by atoms with Crippen molar-refractivity contribution < 1.29 is 14.3 Å². The van der Waals surface area contributed by atoms with E-state index >= 15 is 0 Å². The molecule has 4 nitrogen and oxygen atoms in total. The van der Waals surface area contributed by atoms with Gasteiger partial charge in [0, 0.05) is 5.69 Å². The van der Waals surface area contributed by atoms with E-state index in [2.05, 4.69) is 12.2 Å². The number of nitrogens with one attached hydrogen (secondary N) is 1. The Labute approximate surface area is 152 Å². The molecule has 0 spiro atoms. The first-order chi connectivity index (χ1) is 12.6. The molecular weight excluding hydrogens is 326 g/mol. The highest BCUT2D eigenvalue weighted by atomic mass is 16.5. The van der Waals surface area contributed by atoms with Gasteiger partial charge in [0.05, 0.1) is 6.42 Å². The third kappa shape index (κ3) is 4.70. The Kier molecular flexibility index (Phi) is 5.64. The van der Waals surface area contributed by atoms with E-state index < -0.39 is 5.97 Å². The summed E-state index contributed by atoms with van der Waals surface area (Å²) in [6.45, 7) is 1.78. The minimum Gasteiger partial charge on any atom is -0.455 e. The molecule has 0 aliphatic carbocycles. The third-order valence-corrected chi connectivity index (χ3v) is 4.17. The molecule has 0 aliphatic rings. The molecule has 1 N–H and O–H groups in total. The summed E-state index contributed by atoms with van der Waals surface area (Å²) in [4.78, 5) is 23.9. The average Bonchev–Trinajstić information content (AvgIpc) is 2.67. The van der Waals surface area contributed by atoms with Crippen LogP contribution in [0, 0.1) is 0 Å². The average molecular weight is 347 g/mol. The molecule has 0 unspecified atom stereocenters. The number of hydrogen-bond donors (Lipinski definition) is 1. The Bertz CT molecular complexity index is 916. The zero-order valence-electron chi connectivity index (χ0n) is 14.7. The van der Waals surface area contributed by atoms with Gasteiger partial charge in [0.25, 0.3) is 5.91 Å². The number of hydrogen-bond acceptors (Lipinski definition) is 3. The summed E-state index contributed by atoms with van der Waals surface area (Å²) in [6, 6.07) is 21.4. The molecule has 0 aliphatic heterocycles. The van der Waals surface area contributed by atoms with Gasteiger partial charge in [-0.25, -0.2) is 0 Å². The van der Waals surface area contributed by atoms with Crippen molar-refractivity contribution >= 4 is 28.3 Å². The lowest BCUT2D eigenvalue weighted by Crippen LogP contribution is -2.21. The van der Waals surface area contributed by atoms with Gasteiger partial charge in [-0.2, -0.15) is 0 Å². The van der Waals surface area contributed by atoms with Crippen molar-refractivity contribution in [2.45, 2.75) is 19.8 Å². The van der Waals surface area contributed by atoms with E-state index in [9.17, 15) is 9.59 Å². The van der Waals surface area contributed by atoms with E-state index in [-0.39, 0.29) is 18.9 Å². The monoisotopic (exact) mass is 347 g/mol. The Morgan fingerprint density at radius 2 is 1.58 bits per heavy atom. The highest BCUT2D eigenvalue weighted by Gasteiger charge is 2.09. The first kappa shape index (κ1) is 17.7. The number of rotatable bonds is 6. The van der Waals surface area contributed by atoms with Gasteiger partial charge in [-0.05, 0) is 40.5 Å². The van der Waals surface area contributed by atoms with Gasteiger partial charge >= 0.3 is 5.97 Å². The van der Waals surface area contributed by atoms with Crippen LogP contribution >= 0.6 is 0 Å². The predicted molar refractivity (Wildman–Crippen MR) is 103 cm³/mol. The molecule has 0 fully saturated rings. The topological polar surface area (TPSA) is 55.4 Å². The van der Waals surface area contributed by atoms with E-state index in [1.807, 2.05) is 66.7 Å². The van der Waals surface area contributed by atoms with Crippen LogP contribution in [0.4, 0.5) is 5.69 Å². The highest BCUT2D eigenvalue weighted by Crippen LogP contribution is 2.16. The van der Waals surface area contributed by atoms with Crippen LogP contribution < -0.4 is 5.32 Å². The van der Waals surface area contributed by atoms with Crippen molar-refractivity contribution in [3.63, 3.8) is 0 Å². The van der Waals surface area contributed by atoms with Crippen LogP contribution in [0.5, 0.6) is 0 Å². The van der Waals surface area contributed by atoms with E-state index in [0.717, 1.165) is 22.8 Å². The van der Waals surface area contributed by atoms with Crippen molar-refractivity contribution in [3.05, 3.63) is 77.9 Å². The van der Waals surface area contributed by atoms with Gasteiger partial charge in [-0.1, -0.05) is 61.5 Å². The molecule has 132 valence electrons. The Morgan fingerprint density at radius 3 is 2.31 bits per heavy atom. The first-order valence-corrected chi connectivity index (χ1v) is 8.66. The quantitative estimate of drug-likeness (QED) is 0.682. The fraction of sp³-hybridized carbons (Fsp3) is 0.182. The lowest BCUT2D eigenvalue weighted by Gasteiger charge is -2.08. The zero-order chi connectivity index (χ0) is 18.4. The number of ether oxygens (including phenoxy) is 1. The molecule has 0 radical (unpaired) electrons. The molecule has 0 saturated carbocycles. The van der Waals surface area contributed by atoms with Gasteiger partial charge in [0.15, 0.2) is 6.61 Å². The lowest BCUT2D eigenvalue weighted by molar-refractivity contribution is -0.146. The summed E-state index contributed by atoms with van der Waals surface area (Å²) in [5.41, 5.74) is 2.76. The fourth-order valence-electron chi connectivity index (χ4n) is 2.73. The normalized spacial score (nSPS) is 10.5.